The van der Waals surface area contributed by atoms with Crippen LogP contribution in [0, 0.1) is 0 Å². The maximum atomic E-state index is 13.8. The number of amides is 1. The smallest absolute Gasteiger partial charge is 0.223 e. The molecule has 6 heteroatoms. The zero-order valence-electron chi connectivity index (χ0n) is 21.8. The molecule has 0 aromatic heterocycles. The Labute approximate surface area is 213 Å². The number of anilines is 2. The first-order chi connectivity index (χ1) is 17.4. The first-order valence-electron chi connectivity index (χ1n) is 13.8. The van der Waals surface area contributed by atoms with E-state index in [1.807, 2.05) is 0 Å². The third kappa shape index (κ3) is 2.18. The lowest BCUT2D eigenvalue weighted by Crippen LogP contribution is -2.73. The molecule has 1 N–H and O–H groups in total. The summed E-state index contributed by atoms with van der Waals surface area (Å²) in [4.78, 5) is 21.2. The molecule has 2 bridgehead atoms. The molecule has 188 valence electrons. The van der Waals surface area contributed by atoms with Gasteiger partial charge in [0.1, 0.15) is 12.3 Å². The van der Waals surface area contributed by atoms with E-state index in [4.69, 9.17) is 4.74 Å². The number of fused-ring (bicyclic) bond motifs is 1. The standard InChI is InChI=1S/C30H36N4O2/c1-5-9-22(35)33-16-14-29-19-11-6-7-12-20(19)31-26-30(29)15-17-34(27(29)33)24(25-28(2,3)36-25)18-10-8-13-21(23(18)30)32(26)4/h6-8,10-13,24-27,31H,5,9,14-17H2,1-4H3/t24-,25+,26+,27-,29-,30-/m1/s1. The number of likely N-dealkylation sites (N-methyl/N-ethyl adjacent to an activating group) is 1. The number of likely N-dealkylation sites (tertiary alicyclic amines) is 1. The van der Waals surface area contributed by atoms with Crippen molar-refractivity contribution in [3.05, 3.63) is 59.2 Å². The summed E-state index contributed by atoms with van der Waals surface area (Å²) in [6, 6.07) is 16.0. The summed E-state index contributed by atoms with van der Waals surface area (Å²) in [5, 5.41) is 4.02. The predicted molar refractivity (Wildman–Crippen MR) is 140 cm³/mol. The second-order valence-electron chi connectivity index (χ2n) is 12.4. The van der Waals surface area contributed by atoms with Gasteiger partial charge in [-0.2, -0.15) is 0 Å². The van der Waals surface area contributed by atoms with E-state index in [1.165, 1.54) is 28.1 Å². The van der Waals surface area contributed by atoms with E-state index in [9.17, 15) is 4.79 Å². The number of benzene rings is 2. The SMILES string of the molecule is CCCC(=O)N1CC[C@]23c4ccccc4N[C@H]4N(C)c5cccc6c5[C@]42CCN([C@H]6[C@@H]2OC2(C)C)[C@@H]13. The van der Waals surface area contributed by atoms with Crippen LogP contribution in [0.4, 0.5) is 11.4 Å². The Balaban J connectivity index is 1.47. The Morgan fingerprint density at radius 2 is 1.86 bits per heavy atom. The fourth-order valence-corrected chi connectivity index (χ4v) is 9.34. The molecule has 0 saturated carbocycles. The molecule has 36 heavy (non-hydrogen) atoms. The van der Waals surface area contributed by atoms with Crippen LogP contribution in [0.2, 0.25) is 0 Å². The second-order valence-corrected chi connectivity index (χ2v) is 12.4. The number of epoxide rings is 1. The Bertz CT molecular complexity index is 1310. The van der Waals surface area contributed by atoms with E-state index >= 15 is 0 Å². The number of hydrogen-bond donors (Lipinski definition) is 1. The first kappa shape index (κ1) is 21.5. The lowest BCUT2D eigenvalue weighted by molar-refractivity contribution is -0.142. The monoisotopic (exact) mass is 484 g/mol. The van der Waals surface area contributed by atoms with Crippen LogP contribution < -0.4 is 10.2 Å². The number of hydrogen-bond acceptors (Lipinski definition) is 5. The summed E-state index contributed by atoms with van der Waals surface area (Å²) in [7, 11) is 2.27. The minimum absolute atomic E-state index is 0.0350. The number of para-hydroxylation sites is 1. The average molecular weight is 485 g/mol. The number of nitrogens with one attached hydrogen (secondary N) is 1. The van der Waals surface area contributed by atoms with Crippen LogP contribution in [0.15, 0.2) is 42.5 Å². The molecule has 8 rings (SSSR count). The third-order valence-electron chi connectivity index (χ3n) is 10.6. The molecule has 0 aliphatic carbocycles. The van der Waals surface area contributed by atoms with Crippen molar-refractivity contribution in [2.45, 2.75) is 87.4 Å². The topological polar surface area (TPSA) is 51.4 Å². The molecule has 3 saturated heterocycles. The molecule has 2 spiro atoms. The maximum absolute atomic E-state index is 13.8. The fraction of sp³-hybridized carbons (Fsp3) is 0.567. The summed E-state index contributed by atoms with van der Waals surface area (Å²) in [6.07, 6.45) is 3.92. The summed E-state index contributed by atoms with van der Waals surface area (Å²) < 4.78 is 6.42. The zero-order chi connectivity index (χ0) is 24.6. The number of carbonyl (C=O) groups excluding carboxylic acids is 1. The van der Waals surface area contributed by atoms with Crippen molar-refractivity contribution in [3.8, 4) is 0 Å². The molecular formula is C30H36N4O2. The van der Waals surface area contributed by atoms with Gasteiger partial charge in [0, 0.05) is 43.3 Å². The van der Waals surface area contributed by atoms with E-state index in [0.717, 1.165) is 32.4 Å². The van der Waals surface area contributed by atoms with Crippen LogP contribution >= 0.6 is 0 Å². The summed E-state index contributed by atoms with van der Waals surface area (Å²) in [5.41, 5.74) is 6.51. The highest BCUT2D eigenvalue weighted by molar-refractivity contribution is 5.81. The van der Waals surface area contributed by atoms with Gasteiger partial charge in [0.05, 0.1) is 23.2 Å². The molecule has 2 aromatic carbocycles. The van der Waals surface area contributed by atoms with Gasteiger partial charge in [0.2, 0.25) is 5.91 Å². The highest BCUT2D eigenvalue weighted by Crippen LogP contribution is 2.72. The minimum Gasteiger partial charge on any atom is -0.365 e. The van der Waals surface area contributed by atoms with Gasteiger partial charge in [-0.05, 0) is 61.9 Å². The Morgan fingerprint density at radius 3 is 2.64 bits per heavy atom. The summed E-state index contributed by atoms with van der Waals surface area (Å²) >= 11 is 0. The number of nitrogens with zero attached hydrogens (tertiary/aromatic N) is 3. The van der Waals surface area contributed by atoms with Crippen LogP contribution in [-0.4, -0.2) is 59.9 Å². The van der Waals surface area contributed by atoms with E-state index in [1.54, 1.807) is 0 Å². The van der Waals surface area contributed by atoms with Gasteiger partial charge in [-0.1, -0.05) is 37.3 Å². The summed E-state index contributed by atoms with van der Waals surface area (Å²) in [5.74, 6) is 0.307. The molecule has 7 atom stereocenters. The van der Waals surface area contributed by atoms with Gasteiger partial charge in [-0.3, -0.25) is 9.69 Å². The van der Waals surface area contributed by atoms with E-state index in [0.29, 0.717) is 12.3 Å². The van der Waals surface area contributed by atoms with Crippen LogP contribution in [0.5, 0.6) is 0 Å². The molecule has 2 aromatic rings. The van der Waals surface area contributed by atoms with Crippen LogP contribution in [0.1, 0.15) is 69.2 Å². The summed E-state index contributed by atoms with van der Waals surface area (Å²) in [6.45, 7) is 8.37. The molecule has 3 fully saturated rings. The van der Waals surface area contributed by atoms with Crippen LogP contribution in [-0.2, 0) is 20.4 Å². The van der Waals surface area contributed by atoms with E-state index in [-0.39, 0.29) is 40.9 Å². The normalized spacial score (nSPS) is 39.7. The van der Waals surface area contributed by atoms with Crippen LogP contribution in [0.3, 0.4) is 0 Å². The average Bonchev–Trinajstić information content (AvgIpc) is 3.26. The van der Waals surface area contributed by atoms with Crippen molar-refractivity contribution in [2.75, 3.05) is 30.4 Å². The maximum Gasteiger partial charge on any atom is 0.223 e. The van der Waals surface area contributed by atoms with Crippen LogP contribution in [0.25, 0.3) is 0 Å². The van der Waals surface area contributed by atoms with E-state index in [2.05, 4.69) is 90.3 Å². The molecular weight excluding hydrogens is 448 g/mol. The van der Waals surface area contributed by atoms with E-state index < -0.39 is 0 Å². The number of carbonyl (C=O) groups is 1. The number of piperidine rings is 1. The molecule has 1 unspecified atom stereocenters. The first-order valence-corrected chi connectivity index (χ1v) is 13.8. The Morgan fingerprint density at radius 1 is 1.08 bits per heavy atom. The van der Waals surface area contributed by atoms with Gasteiger partial charge >= 0.3 is 0 Å². The molecule has 6 heterocycles. The van der Waals surface area contributed by atoms with Gasteiger partial charge in [0.25, 0.3) is 0 Å². The van der Waals surface area contributed by atoms with Gasteiger partial charge in [-0.25, -0.2) is 0 Å². The second kappa shape index (κ2) is 6.65. The van der Waals surface area contributed by atoms with Crippen molar-refractivity contribution < 1.29 is 9.53 Å². The number of rotatable bonds is 3. The highest BCUT2D eigenvalue weighted by Gasteiger charge is 2.77. The minimum atomic E-state index is -0.162. The number of ether oxygens (including phenoxy) is 1. The third-order valence-corrected chi connectivity index (χ3v) is 10.6. The highest BCUT2D eigenvalue weighted by atomic mass is 16.6. The largest absolute Gasteiger partial charge is 0.365 e. The molecule has 0 radical (unpaired) electrons. The molecule has 6 aliphatic rings. The quantitative estimate of drug-likeness (QED) is 0.656. The van der Waals surface area contributed by atoms with Crippen molar-refractivity contribution in [1.82, 2.24) is 9.80 Å². The van der Waals surface area contributed by atoms with Crippen molar-refractivity contribution >= 4 is 17.3 Å². The lowest BCUT2D eigenvalue weighted by Gasteiger charge is -2.62. The Hall–Kier alpha value is -2.57. The Kier molecular flexibility index (Phi) is 3.97. The molecule has 1 amide bonds. The molecule has 6 nitrogen and oxygen atoms in total. The predicted octanol–water partition coefficient (Wildman–Crippen LogP) is 4.36. The van der Waals surface area contributed by atoms with Crippen molar-refractivity contribution in [2.24, 2.45) is 0 Å². The van der Waals surface area contributed by atoms with Crippen molar-refractivity contribution in [3.63, 3.8) is 0 Å². The van der Waals surface area contributed by atoms with Gasteiger partial charge in [0.15, 0.2) is 0 Å². The van der Waals surface area contributed by atoms with Crippen molar-refractivity contribution in [1.29, 1.82) is 0 Å². The lowest BCUT2D eigenvalue weighted by atomic mass is 9.50. The molecule has 6 aliphatic heterocycles. The zero-order valence-corrected chi connectivity index (χ0v) is 21.8. The van der Waals surface area contributed by atoms with Gasteiger partial charge < -0.3 is 19.9 Å². The fourth-order valence-electron chi connectivity index (χ4n) is 9.34. The van der Waals surface area contributed by atoms with Gasteiger partial charge in [-0.15, -0.1) is 0 Å².